The molecule has 0 unspecified atom stereocenters. The molecule has 2 heterocycles. The Kier molecular flexibility index (Phi) is 4.15. The molecule has 0 aliphatic carbocycles. The Labute approximate surface area is 126 Å². The van der Waals surface area contributed by atoms with Crippen molar-refractivity contribution < 1.29 is 4.39 Å². The van der Waals surface area contributed by atoms with Gasteiger partial charge in [0.05, 0.1) is 6.20 Å². The SMILES string of the molecule is Fc1ccc(Nc2nncc(NCc3cccnc3)n2)cc1. The number of halogens is 1. The lowest BCUT2D eigenvalue weighted by atomic mass is 10.3. The van der Waals surface area contributed by atoms with E-state index < -0.39 is 0 Å². The van der Waals surface area contributed by atoms with E-state index in [-0.39, 0.29) is 5.82 Å². The van der Waals surface area contributed by atoms with Crippen LogP contribution in [0.5, 0.6) is 0 Å². The van der Waals surface area contributed by atoms with Crippen LogP contribution in [-0.2, 0) is 6.54 Å². The van der Waals surface area contributed by atoms with Crippen LogP contribution in [0.1, 0.15) is 5.56 Å². The minimum atomic E-state index is -0.295. The van der Waals surface area contributed by atoms with Crippen molar-refractivity contribution >= 4 is 17.5 Å². The highest BCUT2D eigenvalue weighted by atomic mass is 19.1. The van der Waals surface area contributed by atoms with Crippen LogP contribution in [0.15, 0.2) is 55.0 Å². The summed E-state index contributed by atoms with van der Waals surface area (Å²) in [4.78, 5) is 8.34. The van der Waals surface area contributed by atoms with Crippen molar-refractivity contribution in [3.63, 3.8) is 0 Å². The van der Waals surface area contributed by atoms with Crippen LogP contribution >= 0.6 is 0 Å². The lowest BCUT2D eigenvalue weighted by Crippen LogP contribution is -2.05. The summed E-state index contributed by atoms with van der Waals surface area (Å²) < 4.78 is 12.9. The Morgan fingerprint density at radius 2 is 1.91 bits per heavy atom. The molecule has 2 aromatic heterocycles. The van der Waals surface area contributed by atoms with E-state index in [0.717, 1.165) is 5.56 Å². The van der Waals surface area contributed by atoms with Crippen LogP contribution in [0.4, 0.5) is 21.8 Å². The van der Waals surface area contributed by atoms with Crippen LogP contribution in [0.3, 0.4) is 0 Å². The van der Waals surface area contributed by atoms with Crippen molar-refractivity contribution in [1.29, 1.82) is 0 Å². The molecule has 6 nitrogen and oxygen atoms in total. The molecule has 2 N–H and O–H groups in total. The first-order valence-electron chi connectivity index (χ1n) is 6.65. The van der Waals surface area contributed by atoms with Gasteiger partial charge in [0.2, 0.25) is 5.95 Å². The minimum absolute atomic E-state index is 0.295. The molecule has 0 fully saturated rings. The van der Waals surface area contributed by atoms with Crippen molar-refractivity contribution in [2.45, 2.75) is 6.54 Å². The van der Waals surface area contributed by atoms with Crippen molar-refractivity contribution in [2.75, 3.05) is 10.6 Å². The molecular formula is C15H13FN6. The summed E-state index contributed by atoms with van der Waals surface area (Å²) in [6.45, 7) is 0.586. The third-order valence-corrected chi connectivity index (χ3v) is 2.86. The quantitative estimate of drug-likeness (QED) is 0.754. The molecule has 3 aromatic rings. The van der Waals surface area contributed by atoms with Crippen LogP contribution in [0.2, 0.25) is 0 Å². The van der Waals surface area contributed by atoms with Gasteiger partial charge in [-0.15, -0.1) is 5.10 Å². The first kappa shape index (κ1) is 13.9. The molecule has 0 atom stereocenters. The zero-order valence-corrected chi connectivity index (χ0v) is 11.6. The molecule has 0 spiro atoms. The zero-order chi connectivity index (χ0) is 15.2. The monoisotopic (exact) mass is 296 g/mol. The van der Waals surface area contributed by atoms with Gasteiger partial charge < -0.3 is 10.6 Å². The molecule has 3 rings (SSSR count). The van der Waals surface area contributed by atoms with Gasteiger partial charge in [0.25, 0.3) is 0 Å². The number of hydrogen-bond donors (Lipinski definition) is 2. The molecule has 0 saturated heterocycles. The van der Waals surface area contributed by atoms with Crippen molar-refractivity contribution in [3.05, 3.63) is 66.4 Å². The van der Waals surface area contributed by atoms with Gasteiger partial charge in [-0.1, -0.05) is 6.07 Å². The molecule has 0 radical (unpaired) electrons. The van der Waals surface area contributed by atoms with Gasteiger partial charge in [-0.2, -0.15) is 10.1 Å². The largest absolute Gasteiger partial charge is 0.364 e. The van der Waals surface area contributed by atoms with Gasteiger partial charge >= 0.3 is 0 Å². The van der Waals surface area contributed by atoms with Crippen LogP contribution in [0, 0.1) is 5.82 Å². The number of rotatable bonds is 5. The lowest BCUT2D eigenvalue weighted by Gasteiger charge is -2.07. The topological polar surface area (TPSA) is 75.6 Å². The number of anilines is 3. The van der Waals surface area contributed by atoms with Gasteiger partial charge in [0, 0.05) is 24.6 Å². The molecule has 0 saturated carbocycles. The third kappa shape index (κ3) is 3.72. The van der Waals surface area contributed by atoms with E-state index in [1.807, 2.05) is 12.1 Å². The normalized spacial score (nSPS) is 10.2. The van der Waals surface area contributed by atoms with Crippen LogP contribution in [-0.4, -0.2) is 20.2 Å². The maximum absolute atomic E-state index is 12.9. The van der Waals surface area contributed by atoms with Crippen molar-refractivity contribution in [1.82, 2.24) is 20.2 Å². The molecule has 0 aliphatic heterocycles. The predicted molar refractivity (Wildman–Crippen MR) is 81.1 cm³/mol. The van der Waals surface area contributed by atoms with E-state index in [9.17, 15) is 4.39 Å². The Hall–Kier alpha value is -3.09. The molecule has 110 valence electrons. The Bertz CT molecular complexity index is 733. The summed E-state index contributed by atoms with van der Waals surface area (Å²) in [6, 6.07) is 9.77. The smallest absolute Gasteiger partial charge is 0.249 e. The molecular weight excluding hydrogens is 283 g/mol. The van der Waals surface area contributed by atoms with E-state index >= 15 is 0 Å². The van der Waals surface area contributed by atoms with E-state index in [2.05, 4.69) is 30.8 Å². The molecule has 0 aliphatic rings. The van der Waals surface area contributed by atoms with E-state index in [0.29, 0.717) is 24.0 Å². The fourth-order valence-electron chi connectivity index (χ4n) is 1.80. The van der Waals surface area contributed by atoms with E-state index in [1.54, 1.807) is 24.5 Å². The lowest BCUT2D eigenvalue weighted by molar-refractivity contribution is 0.628. The number of nitrogens with one attached hydrogen (secondary N) is 2. The number of pyridine rings is 1. The Morgan fingerprint density at radius 3 is 2.68 bits per heavy atom. The summed E-state index contributed by atoms with van der Waals surface area (Å²) in [5, 5.41) is 13.9. The van der Waals surface area contributed by atoms with Crippen LogP contribution in [0.25, 0.3) is 0 Å². The number of benzene rings is 1. The van der Waals surface area contributed by atoms with Gasteiger partial charge in [0.15, 0.2) is 5.82 Å². The predicted octanol–water partition coefficient (Wildman–Crippen LogP) is 2.76. The maximum atomic E-state index is 12.9. The van der Waals surface area contributed by atoms with Crippen molar-refractivity contribution in [2.24, 2.45) is 0 Å². The molecule has 22 heavy (non-hydrogen) atoms. The van der Waals surface area contributed by atoms with E-state index in [4.69, 9.17) is 0 Å². The highest BCUT2D eigenvalue weighted by Crippen LogP contribution is 2.14. The van der Waals surface area contributed by atoms with Gasteiger partial charge in [-0.3, -0.25) is 4.98 Å². The van der Waals surface area contributed by atoms with Gasteiger partial charge in [-0.05, 0) is 35.9 Å². The fourth-order valence-corrected chi connectivity index (χ4v) is 1.80. The average Bonchev–Trinajstić information content (AvgIpc) is 2.57. The summed E-state index contributed by atoms with van der Waals surface area (Å²) in [7, 11) is 0. The maximum Gasteiger partial charge on any atom is 0.249 e. The van der Waals surface area contributed by atoms with Gasteiger partial charge in [-0.25, -0.2) is 4.39 Å². The summed E-state index contributed by atoms with van der Waals surface area (Å²) >= 11 is 0. The highest BCUT2D eigenvalue weighted by Gasteiger charge is 2.02. The first-order chi connectivity index (χ1) is 10.8. The second-order valence-electron chi connectivity index (χ2n) is 4.51. The summed E-state index contributed by atoms with van der Waals surface area (Å²) in [5.41, 5.74) is 1.72. The molecule has 0 bridgehead atoms. The Balaban J connectivity index is 1.66. The second-order valence-corrected chi connectivity index (χ2v) is 4.51. The zero-order valence-electron chi connectivity index (χ0n) is 11.6. The highest BCUT2D eigenvalue weighted by molar-refractivity contribution is 5.53. The fraction of sp³-hybridized carbons (Fsp3) is 0.0667. The number of aromatic nitrogens is 4. The first-order valence-corrected chi connectivity index (χ1v) is 6.65. The second kappa shape index (κ2) is 6.57. The van der Waals surface area contributed by atoms with Crippen LogP contribution < -0.4 is 10.6 Å². The third-order valence-electron chi connectivity index (χ3n) is 2.86. The van der Waals surface area contributed by atoms with E-state index in [1.165, 1.54) is 18.3 Å². The summed E-state index contributed by atoms with van der Waals surface area (Å²) in [5.74, 6) is 0.628. The summed E-state index contributed by atoms with van der Waals surface area (Å²) in [6.07, 6.45) is 5.03. The average molecular weight is 296 g/mol. The van der Waals surface area contributed by atoms with Gasteiger partial charge in [0.1, 0.15) is 5.82 Å². The van der Waals surface area contributed by atoms with Crippen molar-refractivity contribution in [3.8, 4) is 0 Å². The number of nitrogens with zero attached hydrogens (tertiary/aromatic N) is 4. The standard InChI is InChI=1S/C15H13FN6/c16-12-3-5-13(6-4-12)20-15-21-14(10-19-22-15)18-9-11-2-1-7-17-8-11/h1-8,10H,9H2,(H2,18,20,21,22). The minimum Gasteiger partial charge on any atom is -0.364 e. The number of hydrogen-bond acceptors (Lipinski definition) is 6. The molecule has 0 amide bonds. The Morgan fingerprint density at radius 1 is 1.05 bits per heavy atom. The molecule has 7 heteroatoms. The molecule has 1 aromatic carbocycles.